The first-order chi connectivity index (χ1) is 20.1. The van der Waals surface area contributed by atoms with Crippen molar-refractivity contribution >= 4 is 43.6 Å². The van der Waals surface area contributed by atoms with Crippen LogP contribution in [0.25, 0.3) is 55.0 Å². The maximum atomic E-state index is 2.36. The van der Waals surface area contributed by atoms with Crippen molar-refractivity contribution in [1.82, 2.24) is 9.13 Å². The van der Waals surface area contributed by atoms with E-state index in [-0.39, 0.29) is 0 Å². The molecule has 2 nitrogen and oxygen atoms in total. The molecule has 0 aliphatic carbocycles. The Morgan fingerprint density at radius 3 is 1.17 bits per heavy atom. The third kappa shape index (κ3) is 4.29. The van der Waals surface area contributed by atoms with Gasteiger partial charge in [0.05, 0.1) is 22.1 Å². The summed E-state index contributed by atoms with van der Waals surface area (Å²) in [6.45, 7) is 6.47. The minimum Gasteiger partial charge on any atom is -0.309 e. The fraction of sp³-hybridized carbons (Fsp3) is 0.0769. The number of hydrogen-bond acceptors (Lipinski definition) is 0. The Morgan fingerprint density at radius 1 is 0.341 bits per heavy atom. The van der Waals surface area contributed by atoms with Crippen molar-refractivity contribution in [2.75, 3.05) is 0 Å². The molecule has 0 aliphatic heterocycles. The van der Waals surface area contributed by atoms with Gasteiger partial charge in [0.25, 0.3) is 0 Å². The second kappa shape index (κ2) is 10.1. The molecule has 0 saturated carbocycles. The zero-order chi connectivity index (χ0) is 27.9. The molecule has 0 bridgehead atoms. The maximum Gasteiger partial charge on any atom is 0.0541 e. The van der Waals surface area contributed by atoms with Crippen LogP contribution in [0.2, 0.25) is 0 Å². The number of hydrogen-bond donors (Lipinski definition) is 0. The largest absolute Gasteiger partial charge is 0.309 e. The predicted octanol–water partition coefficient (Wildman–Crippen LogP) is 10.5. The Kier molecular flexibility index (Phi) is 6.17. The summed E-state index contributed by atoms with van der Waals surface area (Å²) in [5, 5.41) is 5.24. The van der Waals surface area contributed by atoms with Crippen LogP contribution in [0.1, 0.15) is 16.7 Å². The predicted molar refractivity (Wildman–Crippen MR) is 176 cm³/mol. The Morgan fingerprint density at radius 2 is 0.756 bits per heavy atom. The van der Waals surface area contributed by atoms with E-state index < -0.39 is 0 Å². The summed E-state index contributed by atoms with van der Waals surface area (Å²) < 4.78 is 4.70. The molecular formula is C39H32N2. The molecule has 198 valence electrons. The van der Waals surface area contributed by atoms with Gasteiger partial charge in [-0.3, -0.25) is 0 Å². The minimum atomic E-state index is 1.22. The van der Waals surface area contributed by atoms with Crippen LogP contribution < -0.4 is 0 Å². The average Bonchev–Trinajstić information content (AvgIpc) is 3.52. The topological polar surface area (TPSA) is 9.86 Å². The highest BCUT2D eigenvalue weighted by atomic mass is 15.0. The molecule has 0 atom stereocenters. The lowest BCUT2D eigenvalue weighted by Crippen LogP contribution is -1.95. The van der Waals surface area contributed by atoms with Gasteiger partial charge in [-0.05, 0) is 86.0 Å². The molecular weight excluding hydrogens is 496 g/mol. The van der Waals surface area contributed by atoms with Crippen LogP contribution in [0.5, 0.6) is 0 Å². The van der Waals surface area contributed by atoms with Crippen LogP contribution in [0.4, 0.5) is 0 Å². The SMILES string of the molecule is Cc1ccc(-n2c3ccccc3c3ccccc32)cc1C.Cc1cccc(-n2c3ccccc3c3ccccc32)c1. The second-order valence-electron chi connectivity index (χ2n) is 10.8. The van der Waals surface area contributed by atoms with Crippen LogP contribution in [-0.2, 0) is 0 Å². The van der Waals surface area contributed by atoms with E-state index in [4.69, 9.17) is 0 Å². The lowest BCUT2D eigenvalue weighted by molar-refractivity contribution is 1.16. The van der Waals surface area contributed by atoms with E-state index in [0.717, 1.165) is 0 Å². The first-order valence-corrected chi connectivity index (χ1v) is 14.2. The normalized spacial score (nSPS) is 11.3. The first kappa shape index (κ1) is 24.9. The molecule has 2 aromatic heterocycles. The summed E-state index contributed by atoms with van der Waals surface area (Å²) in [5.74, 6) is 0. The van der Waals surface area contributed by atoms with Gasteiger partial charge >= 0.3 is 0 Å². The van der Waals surface area contributed by atoms with E-state index in [2.05, 4.69) is 169 Å². The molecule has 0 radical (unpaired) electrons. The molecule has 0 unspecified atom stereocenters. The van der Waals surface area contributed by atoms with Crippen LogP contribution in [0.15, 0.2) is 140 Å². The average molecular weight is 529 g/mol. The number of benzene rings is 6. The molecule has 41 heavy (non-hydrogen) atoms. The highest BCUT2D eigenvalue weighted by Gasteiger charge is 2.12. The monoisotopic (exact) mass is 528 g/mol. The van der Waals surface area contributed by atoms with E-state index in [0.29, 0.717) is 0 Å². The third-order valence-corrected chi connectivity index (χ3v) is 8.17. The van der Waals surface area contributed by atoms with E-state index in [1.807, 2.05) is 0 Å². The van der Waals surface area contributed by atoms with Gasteiger partial charge in [0.1, 0.15) is 0 Å². The maximum absolute atomic E-state index is 2.36. The number of rotatable bonds is 2. The van der Waals surface area contributed by atoms with Gasteiger partial charge in [-0.1, -0.05) is 91.0 Å². The summed E-state index contributed by atoms with van der Waals surface area (Å²) in [7, 11) is 0. The summed E-state index contributed by atoms with van der Waals surface area (Å²) in [5.41, 5.74) is 11.5. The Balaban J connectivity index is 0.000000135. The number of nitrogens with zero attached hydrogens (tertiary/aromatic N) is 2. The first-order valence-electron chi connectivity index (χ1n) is 14.2. The molecule has 0 amide bonds. The molecule has 2 heterocycles. The lowest BCUT2D eigenvalue weighted by Gasteiger charge is -2.10. The zero-order valence-electron chi connectivity index (χ0n) is 23.7. The van der Waals surface area contributed by atoms with Crippen molar-refractivity contribution in [3.63, 3.8) is 0 Å². The highest BCUT2D eigenvalue weighted by molar-refractivity contribution is 6.10. The van der Waals surface area contributed by atoms with Gasteiger partial charge in [-0.25, -0.2) is 0 Å². The number of fused-ring (bicyclic) bond motifs is 6. The summed E-state index contributed by atoms with van der Waals surface area (Å²) in [6.07, 6.45) is 0. The highest BCUT2D eigenvalue weighted by Crippen LogP contribution is 2.33. The van der Waals surface area contributed by atoms with Crippen molar-refractivity contribution < 1.29 is 0 Å². The lowest BCUT2D eigenvalue weighted by atomic mass is 10.1. The molecule has 6 aromatic carbocycles. The Labute approximate surface area is 240 Å². The second-order valence-corrected chi connectivity index (χ2v) is 10.8. The molecule has 8 aromatic rings. The zero-order valence-corrected chi connectivity index (χ0v) is 23.7. The Bertz CT molecular complexity index is 2090. The van der Waals surface area contributed by atoms with E-state index >= 15 is 0 Å². The third-order valence-electron chi connectivity index (χ3n) is 8.17. The van der Waals surface area contributed by atoms with Crippen molar-refractivity contribution in [3.8, 4) is 11.4 Å². The van der Waals surface area contributed by atoms with Crippen molar-refractivity contribution in [2.24, 2.45) is 0 Å². The van der Waals surface area contributed by atoms with Crippen molar-refractivity contribution in [2.45, 2.75) is 20.8 Å². The van der Waals surface area contributed by atoms with Gasteiger partial charge in [0.15, 0.2) is 0 Å². The van der Waals surface area contributed by atoms with Crippen molar-refractivity contribution in [3.05, 3.63) is 156 Å². The summed E-state index contributed by atoms with van der Waals surface area (Å²) >= 11 is 0. The molecule has 2 heteroatoms. The van der Waals surface area contributed by atoms with Crippen LogP contribution in [0.3, 0.4) is 0 Å². The van der Waals surface area contributed by atoms with Crippen LogP contribution >= 0.6 is 0 Å². The quantitative estimate of drug-likeness (QED) is 0.211. The fourth-order valence-electron chi connectivity index (χ4n) is 6.03. The van der Waals surface area contributed by atoms with Gasteiger partial charge < -0.3 is 9.13 Å². The molecule has 0 saturated heterocycles. The van der Waals surface area contributed by atoms with Crippen LogP contribution in [-0.4, -0.2) is 9.13 Å². The van der Waals surface area contributed by atoms with Gasteiger partial charge in [0.2, 0.25) is 0 Å². The Hall–Kier alpha value is -5.08. The van der Waals surface area contributed by atoms with E-state index in [9.17, 15) is 0 Å². The molecule has 0 fully saturated rings. The molecule has 0 N–H and O–H groups in total. The molecule has 0 spiro atoms. The van der Waals surface area contributed by atoms with Gasteiger partial charge in [-0.15, -0.1) is 0 Å². The minimum absolute atomic E-state index is 1.22. The molecule has 8 rings (SSSR count). The fourth-order valence-corrected chi connectivity index (χ4v) is 6.03. The standard InChI is InChI=1S/C20H17N.C19H15N/c1-14-11-12-16(13-15(14)2)21-19-9-5-3-7-17(19)18-8-4-6-10-20(18)21;1-14-7-6-8-15(13-14)20-18-11-4-2-9-16(18)17-10-3-5-12-19(17)20/h3-13H,1-2H3;2-13H,1H3. The summed E-state index contributed by atoms with van der Waals surface area (Å²) in [6, 6.07) is 49.8. The van der Waals surface area contributed by atoms with E-state index in [1.54, 1.807) is 0 Å². The smallest absolute Gasteiger partial charge is 0.0541 e. The van der Waals surface area contributed by atoms with Gasteiger partial charge in [0, 0.05) is 32.9 Å². The molecule has 0 aliphatic rings. The number of aromatic nitrogens is 2. The van der Waals surface area contributed by atoms with E-state index in [1.165, 1.54) is 71.7 Å². The van der Waals surface area contributed by atoms with Gasteiger partial charge in [-0.2, -0.15) is 0 Å². The number of aryl methyl sites for hydroxylation is 3. The number of para-hydroxylation sites is 4. The van der Waals surface area contributed by atoms with Crippen molar-refractivity contribution in [1.29, 1.82) is 0 Å². The summed E-state index contributed by atoms with van der Waals surface area (Å²) in [4.78, 5) is 0. The van der Waals surface area contributed by atoms with Crippen LogP contribution in [0, 0.1) is 20.8 Å².